The minimum absolute atomic E-state index is 0.207. The van der Waals surface area contributed by atoms with Gasteiger partial charge in [-0.1, -0.05) is 13.3 Å². The Bertz CT molecular complexity index is 219. The lowest BCUT2D eigenvalue weighted by molar-refractivity contribution is -0.119. The molecule has 1 radical (unpaired) electrons. The van der Waals surface area contributed by atoms with E-state index in [2.05, 4.69) is 23.8 Å². The Kier molecular flexibility index (Phi) is 2.74. The number of unbranched alkanes of at least 4 members (excludes halogenated alkanes) is 1. The van der Waals surface area contributed by atoms with Gasteiger partial charge in [-0.25, -0.2) is 0 Å². The first kappa shape index (κ1) is 9.10. The van der Waals surface area contributed by atoms with Gasteiger partial charge in [0, 0.05) is 25.8 Å². The van der Waals surface area contributed by atoms with Crippen LogP contribution < -0.4 is 0 Å². The summed E-state index contributed by atoms with van der Waals surface area (Å²) in [6.45, 7) is 5.45. The quantitative estimate of drug-likeness (QED) is 0.621. The van der Waals surface area contributed by atoms with Gasteiger partial charge < -0.3 is 0 Å². The fourth-order valence-electron chi connectivity index (χ4n) is 1.18. The smallest absolute Gasteiger partial charge is 0.208 e. The molecule has 0 fully saturated rings. The highest BCUT2D eigenvalue weighted by Crippen LogP contribution is 2.23. The molecular weight excluding hydrogens is 152 g/mol. The lowest BCUT2D eigenvalue weighted by atomic mass is 10.0. The van der Waals surface area contributed by atoms with Gasteiger partial charge in [0.05, 0.1) is 0 Å². The van der Waals surface area contributed by atoms with E-state index in [1.807, 2.05) is 0 Å². The molecule has 1 aliphatic heterocycles. The van der Waals surface area contributed by atoms with Crippen LogP contribution in [0.4, 0.5) is 0 Å². The number of carbonyl (C=O) groups excluding carboxylic acids is 1. The third-order valence-corrected chi connectivity index (χ3v) is 1.97. The molecule has 0 N–H and O–H groups in total. The Hall–Kier alpha value is -0.990. The summed E-state index contributed by atoms with van der Waals surface area (Å²) in [5, 5.41) is 0. The van der Waals surface area contributed by atoms with Gasteiger partial charge in [0.1, 0.15) is 0 Å². The van der Waals surface area contributed by atoms with Gasteiger partial charge in [0.2, 0.25) is 5.66 Å². The molecule has 65 valence electrons. The van der Waals surface area contributed by atoms with Crippen LogP contribution in [0.5, 0.6) is 0 Å². The van der Waals surface area contributed by atoms with Crippen LogP contribution in [-0.2, 0) is 4.79 Å². The lowest BCUT2D eigenvalue weighted by Crippen LogP contribution is -2.31. The first-order valence-electron chi connectivity index (χ1n) is 4.17. The zero-order valence-electron chi connectivity index (χ0n) is 7.29. The van der Waals surface area contributed by atoms with E-state index >= 15 is 0 Å². The van der Waals surface area contributed by atoms with Crippen molar-refractivity contribution in [2.24, 2.45) is 9.98 Å². The summed E-state index contributed by atoms with van der Waals surface area (Å²) >= 11 is 0. The van der Waals surface area contributed by atoms with Gasteiger partial charge in [-0.3, -0.25) is 14.8 Å². The van der Waals surface area contributed by atoms with Crippen molar-refractivity contribution >= 4 is 18.2 Å². The van der Waals surface area contributed by atoms with E-state index in [0.29, 0.717) is 6.42 Å². The lowest BCUT2D eigenvalue weighted by Gasteiger charge is -2.18. The molecule has 3 nitrogen and oxygen atoms in total. The number of hydrogen-bond acceptors (Lipinski definition) is 3. The number of carbonyl (C=O) groups is 1. The van der Waals surface area contributed by atoms with Crippen molar-refractivity contribution < 1.29 is 4.79 Å². The van der Waals surface area contributed by atoms with Crippen LogP contribution in [0, 0.1) is 6.92 Å². The monoisotopic (exact) mass is 165 g/mol. The molecule has 0 atom stereocenters. The third-order valence-electron chi connectivity index (χ3n) is 1.97. The Morgan fingerprint density at radius 3 is 2.50 bits per heavy atom. The minimum Gasteiger partial charge on any atom is -0.295 e. The Labute approximate surface area is 72.6 Å². The first-order chi connectivity index (χ1) is 5.71. The van der Waals surface area contributed by atoms with Gasteiger partial charge >= 0.3 is 0 Å². The fourth-order valence-corrected chi connectivity index (χ4v) is 1.18. The molecule has 0 aromatic carbocycles. The molecule has 0 aromatic rings. The molecule has 0 aliphatic carbocycles. The van der Waals surface area contributed by atoms with Crippen molar-refractivity contribution in [3.8, 4) is 0 Å². The average Bonchev–Trinajstić information content (AvgIpc) is 2.50. The normalized spacial score (nSPS) is 18.5. The van der Waals surface area contributed by atoms with Crippen molar-refractivity contribution in [1.82, 2.24) is 0 Å². The van der Waals surface area contributed by atoms with Crippen LogP contribution in [-0.4, -0.2) is 23.9 Å². The summed E-state index contributed by atoms with van der Waals surface area (Å²) in [5.74, 6) is -0.207. The van der Waals surface area contributed by atoms with E-state index < -0.39 is 5.66 Å². The standard InChI is InChI=1S/C9H13N2O/c1-3-4-5-9(8(2)12)10-6-7-11-9/h6-7H,2-5H2,1H3. The summed E-state index contributed by atoms with van der Waals surface area (Å²) < 4.78 is 0. The van der Waals surface area contributed by atoms with E-state index in [-0.39, 0.29) is 5.78 Å². The van der Waals surface area contributed by atoms with E-state index in [1.54, 1.807) is 12.4 Å². The second-order valence-corrected chi connectivity index (χ2v) is 2.90. The zero-order valence-corrected chi connectivity index (χ0v) is 7.29. The van der Waals surface area contributed by atoms with Crippen molar-refractivity contribution in [3.63, 3.8) is 0 Å². The summed E-state index contributed by atoms with van der Waals surface area (Å²) in [6.07, 6.45) is 5.81. The maximum Gasteiger partial charge on any atom is 0.208 e. The predicted octanol–water partition coefficient (Wildman–Crippen LogP) is 1.43. The SMILES string of the molecule is [CH2]C(=O)C1(CCCC)N=CC=N1. The summed E-state index contributed by atoms with van der Waals surface area (Å²) in [4.78, 5) is 19.2. The van der Waals surface area contributed by atoms with Crippen molar-refractivity contribution in [2.75, 3.05) is 0 Å². The van der Waals surface area contributed by atoms with Gasteiger partial charge in [-0.2, -0.15) is 0 Å². The van der Waals surface area contributed by atoms with Gasteiger partial charge in [-0.15, -0.1) is 0 Å². The molecule has 0 aromatic heterocycles. The number of ketones is 1. The minimum atomic E-state index is -0.865. The average molecular weight is 165 g/mol. The molecule has 3 heteroatoms. The maximum atomic E-state index is 11.1. The molecule has 0 amide bonds. The van der Waals surface area contributed by atoms with Crippen LogP contribution in [0.1, 0.15) is 26.2 Å². The van der Waals surface area contributed by atoms with Gasteiger partial charge in [0.15, 0.2) is 5.78 Å². The predicted molar refractivity (Wildman–Crippen MR) is 49.6 cm³/mol. The maximum absolute atomic E-state index is 11.1. The molecule has 0 saturated carbocycles. The highest BCUT2D eigenvalue weighted by molar-refractivity contribution is 6.20. The number of nitrogens with zero attached hydrogens (tertiary/aromatic N) is 2. The van der Waals surface area contributed by atoms with Crippen molar-refractivity contribution in [3.05, 3.63) is 6.92 Å². The van der Waals surface area contributed by atoms with E-state index in [4.69, 9.17) is 0 Å². The molecule has 12 heavy (non-hydrogen) atoms. The molecule has 1 aliphatic rings. The largest absolute Gasteiger partial charge is 0.295 e. The van der Waals surface area contributed by atoms with Crippen LogP contribution in [0.2, 0.25) is 0 Å². The van der Waals surface area contributed by atoms with E-state index in [9.17, 15) is 4.79 Å². The first-order valence-corrected chi connectivity index (χ1v) is 4.17. The number of rotatable bonds is 4. The van der Waals surface area contributed by atoms with Crippen molar-refractivity contribution in [2.45, 2.75) is 31.8 Å². The zero-order chi connectivity index (χ0) is 9.03. The number of hydrogen-bond donors (Lipinski definition) is 0. The third kappa shape index (κ3) is 1.60. The molecule has 1 rings (SSSR count). The van der Waals surface area contributed by atoms with Gasteiger partial charge in [0.25, 0.3) is 0 Å². The fraction of sp³-hybridized carbons (Fsp3) is 0.556. The molecule has 1 heterocycles. The summed E-state index contributed by atoms with van der Waals surface area (Å²) in [6, 6.07) is 0. The molecule has 0 bridgehead atoms. The number of aliphatic imine (C=N–C) groups is 2. The molecule has 0 spiro atoms. The topological polar surface area (TPSA) is 41.8 Å². The Morgan fingerprint density at radius 2 is 2.08 bits per heavy atom. The molecule has 0 unspecified atom stereocenters. The molecule has 0 saturated heterocycles. The Balaban J connectivity index is 2.67. The van der Waals surface area contributed by atoms with Crippen LogP contribution in [0.15, 0.2) is 9.98 Å². The second kappa shape index (κ2) is 3.61. The molecular formula is C9H13N2O. The van der Waals surface area contributed by atoms with Crippen LogP contribution >= 0.6 is 0 Å². The van der Waals surface area contributed by atoms with Crippen molar-refractivity contribution in [1.29, 1.82) is 0 Å². The van der Waals surface area contributed by atoms with E-state index in [0.717, 1.165) is 12.8 Å². The van der Waals surface area contributed by atoms with Gasteiger partial charge in [-0.05, 0) is 6.42 Å². The second-order valence-electron chi connectivity index (χ2n) is 2.90. The summed E-state index contributed by atoms with van der Waals surface area (Å²) in [7, 11) is 0. The summed E-state index contributed by atoms with van der Waals surface area (Å²) in [5.41, 5.74) is -0.865. The highest BCUT2D eigenvalue weighted by atomic mass is 16.1. The highest BCUT2D eigenvalue weighted by Gasteiger charge is 2.34. The van der Waals surface area contributed by atoms with E-state index in [1.165, 1.54) is 0 Å². The van der Waals surface area contributed by atoms with Crippen LogP contribution in [0.25, 0.3) is 0 Å². The van der Waals surface area contributed by atoms with Crippen LogP contribution in [0.3, 0.4) is 0 Å². The number of Topliss-reactive ketones (excluding diaryl/α,β-unsaturated/α-hetero) is 1. The Morgan fingerprint density at radius 1 is 1.50 bits per heavy atom.